The molecule has 0 amide bonds. The molecule has 2 aliphatic heterocycles. The van der Waals surface area contributed by atoms with Gasteiger partial charge < -0.3 is 19.6 Å². The molecular weight excluding hydrogens is 357 g/mol. The Labute approximate surface area is 164 Å². The van der Waals surface area contributed by atoms with Crippen molar-refractivity contribution in [3.63, 3.8) is 0 Å². The number of aromatic nitrogens is 2. The molecule has 0 saturated carbocycles. The maximum Gasteiger partial charge on any atom is 0.227 e. The van der Waals surface area contributed by atoms with Crippen LogP contribution in [0.3, 0.4) is 0 Å². The van der Waals surface area contributed by atoms with Gasteiger partial charge in [-0.2, -0.15) is 10.2 Å². The smallest absolute Gasteiger partial charge is 0.227 e. The van der Waals surface area contributed by atoms with E-state index >= 15 is 0 Å². The summed E-state index contributed by atoms with van der Waals surface area (Å²) < 4.78 is 13.4. The second-order valence-electron chi connectivity index (χ2n) is 7.25. The predicted molar refractivity (Wildman–Crippen MR) is 107 cm³/mol. The molecule has 28 heavy (non-hydrogen) atoms. The molecular formula is C20H24FN7. The first-order chi connectivity index (χ1) is 13.6. The van der Waals surface area contributed by atoms with Gasteiger partial charge in [-0.1, -0.05) is 0 Å². The molecule has 1 aromatic heterocycles. The molecule has 0 N–H and O–H groups in total. The molecule has 2 saturated heterocycles. The van der Waals surface area contributed by atoms with Gasteiger partial charge in [0.25, 0.3) is 0 Å². The van der Waals surface area contributed by atoms with E-state index in [0.29, 0.717) is 5.56 Å². The number of hydrogen-bond donors (Lipinski definition) is 0. The van der Waals surface area contributed by atoms with Crippen molar-refractivity contribution in [2.24, 2.45) is 0 Å². The summed E-state index contributed by atoms with van der Waals surface area (Å²) in [4.78, 5) is 18.2. The average Bonchev–Trinajstić information content (AvgIpc) is 2.74. The zero-order chi connectivity index (χ0) is 19.5. The van der Waals surface area contributed by atoms with E-state index in [9.17, 15) is 9.65 Å². The molecule has 146 valence electrons. The number of rotatable bonds is 3. The fourth-order valence-electron chi connectivity index (χ4n) is 3.72. The van der Waals surface area contributed by atoms with Gasteiger partial charge >= 0.3 is 0 Å². The maximum absolute atomic E-state index is 13.4. The van der Waals surface area contributed by atoms with Crippen LogP contribution in [0.2, 0.25) is 0 Å². The van der Waals surface area contributed by atoms with Gasteiger partial charge in [0, 0.05) is 58.6 Å². The first-order valence-corrected chi connectivity index (χ1v) is 9.60. The van der Waals surface area contributed by atoms with Crippen molar-refractivity contribution in [3.8, 4) is 6.07 Å². The lowest BCUT2D eigenvalue weighted by Gasteiger charge is -2.37. The van der Waals surface area contributed by atoms with Crippen molar-refractivity contribution in [1.29, 1.82) is 5.26 Å². The van der Waals surface area contributed by atoms with Crippen LogP contribution in [-0.2, 0) is 0 Å². The number of benzene rings is 1. The topological polar surface area (TPSA) is 62.5 Å². The molecule has 0 atom stereocenters. The molecule has 0 spiro atoms. The fourth-order valence-corrected chi connectivity index (χ4v) is 3.72. The van der Waals surface area contributed by atoms with Crippen molar-refractivity contribution < 1.29 is 4.39 Å². The second-order valence-corrected chi connectivity index (χ2v) is 7.25. The van der Waals surface area contributed by atoms with Gasteiger partial charge in [-0.15, -0.1) is 0 Å². The van der Waals surface area contributed by atoms with Gasteiger partial charge in [-0.25, -0.2) is 9.37 Å². The van der Waals surface area contributed by atoms with Crippen molar-refractivity contribution >= 4 is 17.5 Å². The standard InChI is InChI=1S/C20H24FN7/c1-25-6-8-28(9-7-25)20-23-5-4-19(24-20)27-12-10-26(11-13-27)18-3-2-17(21)14-16(18)15-22/h2-5,14H,6-13H2,1H3. The average molecular weight is 381 g/mol. The van der Waals surface area contributed by atoms with Crippen LogP contribution in [0.4, 0.5) is 21.8 Å². The zero-order valence-corrected chi connectivity index (χ0v) is 16.1. The van der Waals surface area contributed by atoms with Crippen LogP contribution in [0, 0.1) is 17.1 Å². The van der Waals surface area contributed by atoms with Crippen molar-refractivity contribution in [3.05, 3.63) is 41.8 Å². The number of likely N-dealkylation sites (N-methyl/N-ethyl adjacent to an activating group) is 1. The summed E-state index contributed by atoms with van der Waals surface area (Å²) in [5, 5.41) is 9.30. The number of nitriles is 1. The van der Waals surface area contributed by atoms with E-state index in [1.54, 1.807) is 6.07 Å². The molecule has 0 bridgehead atoms. The van der Waals surface area contributed by atoms with Crippen LogP contribution in [0.1, 0.15) is 5.56 Å². The Kier molecular flexibility index (Phi) is 5.26. The minimum atomic E-state index is -0.378. The number of halogens is 1. The quantitative estimate of drug-likeness (QED) is 0.800. The van der Waals surface area contributed by atoms with Crippen LogP contribution in [-0.4, -0.2) is 74.3 Å². The second kappa shape index (κ2) is 7.98. The molecule has 1 aromatic carbocycles. The van der Waals surface area contributed by atoms with Gasteiger partial charge in [0.15, 0.2) is 0 Å². The molecule has 7 nitrogen and oxygen atoms in total. The predicted octanol–water partition coefficient (Wildman–Crippen LogP) is 1.57. The highest BCUT2D eigenvalue weighted by Crippen LogP contribution is 2.24. The third-order valence-corrected chi connectivity index (χ3v) is 5.44. The summed E-state index contributed by atoms with van der Waals surface area (Å²) >= 11 is 0. The summed E-state index contributed by atoms with van der Waals surface area (Å²) in [6, 6.07) is 8.46. The summed E-state index contributed by atoms with van der Waals surface area (Å²) in [6.07, 6.45) is 1.83. The van der Waals surface area contributed by atoms with Crippen LogP contribution >= 0.6 is 0 Å². The third-order valence-electron chi connectivity index (χ3n) is 5.44. The minimum Gasteiger partial charge on any atom is -0.367 e. The molecule has 2 aromatic rings. The van der Waals surface area contributed by atoms with Crippen LogP contribution in [0.15, 0.2) is 30.5 Å². The lowest BCUT2D eigenvalue weighted by Crippen LogP contribution is -2.47. The molecule has 2 aliphatic rings. The Morgan fingerprint density at radius 2 is 1.61 bits per heavy atom. The Morgan fingerprint density at radius 3 is 2.32 bits per heavy atom. The Balaban J connectivity index is 1.43. The fraction of sp³-hybridized carbons (Fsp3) is 0.450. The molecule has 0 unspecified atom stereocenters. The Bertz CT molecular complexity index is 865. The van der Waals surface area contributed by atoms with Crippen molar-refractivity contribution in [2.45, 2.75) is 0 Å². The number of piperazine rings is 2. The van der Waals surface area contributed by atoms with Crippen molar-refractivity contribution in [1.82, 2.24) is 14.9 Å². The zero-order valence-electron chi connectivity index (χ0n) is 16.1. The van der Waals surface area contributed by atoms with Gasteiger partial charge in [0.05, 0.1) is 11.3 Å². The van der Waals surface area contributed by atoms with Crippen molar-refractivity contribution in [2.75, 3.05) is 74.1 Å². The van der Waals surface area contributed by atoms with Crippen LogP contribution in [0.25, 0.3) is 0 Å². The van der Waals surface area contributed by atoms with Crippen LogP contribution < -0.4 is 14.7 Å². The molecule has 0 aliphatic carbocycles. The Hall–Kier alpha value is -2.92. The molecule has 3 heterocycles. The first kappa shape index (κ1) is 18.4. The van der Waals surface area contributed by atoms with Crippen LogP contribution in [0.5, 0.6) is 0 Å². The third kappa shape index (κ3) is 3.85. The summed E-state index contributed by atoms with van der Waals surface area (Å²) in [5.74, 6) is 1.35. The molecule has 0 radical (unpaired) electrons. The van der Waals surface area contributed by atoms with E-state index < -0.39 is 0 Å². The van der Waals surface area contributed by atoms with Gasteiger partial charge in [-0.3, -0.25) is 0 Å². The number of hydrogen-bond acceptors (Lipinski definition) is 7. The molecule has 8 heteroatoms. The number of anilines is 3. The largest absolute Gasteiger partial charge is 0.367 e. The summed E-state index contributed by atoms with van der Waals surface area (Å²) in [6.45, 7) is 7.02. The lowest BCUT2D eigenvalue weighted by molar-refractivity contribution is 0.311. The summed E-state index contributed by atoms with van der Waals surface area (Å²) in [5.41, 5.74) is 1.18. The first-order valence-electron chi connectivity index (χ1n) is 9.60. The van der Waals surface area contributed by atoms with E-state index in [-0.39, 0.29) is 5.82 Å². The van der Waals surface area contributed by atoms with Gasteiger partial charge in [0.1, 0.15) is 17.7 Å². The highest BCUT2D eigenvalue weighted by molar-refractivity contribution is 5.60. The number of nitrogens with zero attached hydrogens (tertiary/aromatic N) is 7. The molecule has 4 rings (SSSR count). The highest BCUT2D eigenvalue weighted by atomic mass is 19.1. The monoisotopic (exact) mass is 381 g/mol. The minimum absolute atomic E-state index is 0.378. The van der Waals surface area contributed by atoms with Gasteiger partial charge in [0.2, 0.25) is 5.95 Å². The highest BCUT2D eigenvalue weighted by Gasteiger charge is 2.22. The SMILES string of the molecule is CN1CCN(c2nccc(N3CCN(c4ccc(F)cc4C#N)CC3)n2)CC1. The van der Waals surface area contributed by atoms with E-state index in [0.717, 1.165) is 69.8 Å². The molecule has 2 fully saturated rings. The normalized spacial score (nSPS) is 18.2. The maximum atomic E-state index is 13.4. The lowest BCUT2D eigenvalue weighted by atomic mass is 10.1. The summed E-state index contributed by atoms with van der Waals surface area (Å²) in [7, 11) is 2.13. The Morgan fingerprint density at radius 1 is 0.929 bits per heavy atom. The van der Waals surface area contributed by atoms with E-state index in [1.165, 1.54) is 12.1 Å². The van der Waals surface area contributed by atoms with Gasteiger partial charge in [-0.05, 0) is 31.3 Å². The van der Waals surface area contributed by atoms with E-state index in [4.69, 9.17) is 4.98 Å². The van der Waals surface area contributed by atoms with E-state index in [1.807, 2.05) is 12.3 Å². The van der Waals surface area contributed by atoms with E-state index in [2.05, 4.69) is 37.7 Å².